The second-order valence-electron chi connectivity index (χ2n) is 6.34. The first-order valence-electron chi connectivity index (χ1n) is 8.59. The average Bonchev–Trinajstić information content (AvgIpc) is 3.37. The number of anilines is 1. The Morgan fingerprint density at radius 1 is 0.929 bits per heavy atom. The summed E-state index contributed by atoms with van der Waals surface area (Å²) in [4.78, 5) is 13.2. The van der Waals surface area contributed by atoms with Crippen molar-refractivity contribution in [2.75, 3.05) is 5.01 Å². The number of hydrogen-bond acceptors (Lipinski definition) is 4. The molecule has 1 aliphatic heterocycles. The zero-order valence-electron chi connectivity index (χ0n) is 14.5. The van der Waals surface area contributed by atoms with E-state index in [1.807, 2.05) is 0 Å². The Kier molecular flexibility index (Phi) is 4.50. The van der Waals surface area contributed by atoms with Crippen molar-refractivity contribution in [1.29, 1.82) is 0 Å². The molecule has 28 heavy (non-hydrogen) atoms. The largest absolute Gasteiger partial charge is 0.461 e. The summed E-state index contributed by atoms with van der Waals surface area (Å²) < 4.78 is 46.8. The quantitative estimate of drug-likeness (QED) is 0.591. The minimum atomic E-state index is -4.69. The number of halogens is 3. The zero-order chi connectivity index (χ0) is 19.7. The van der Waals surface area contributed by atoms with Crippen LogP contribution in [0.15, 0.2) is 88.6 Å². The molecule has 0 unspecified atom stereocenters. The molecule has 4 rings (SSSR count). The van der Waals surface area contributed by atoms with Crippen LogP contribution in [0.4, 0.5) is 18.9 Å². The summed E-state index contributed by atoms with van der Waals surface area (Å²) in [6.07, 6.45) is -3.37. The Balaban J connectivity index is 1.89. The molecule has 0 fully saturated rings. The molecule has 0 N–H and O–H groups in total. The van der Waals surface area contributed by atoms with Gasteiger partial charge in [0, 0.05) is 0 Å². The van der Waals surface area contributed by atoms with Gasteiger partial charge < -0.3 is 4.42 Å². The number of rotatable bonds is 4. The maximum absolute atomic E-state index is 13.9. The number of carbonyl (C=O) groups is 1. The first-order chi connectivity index (χ1) is 13.5. The van der Waals surface area contributed by atoms with Gasteiger partial charge in [-0.1, -0.05) is 48.5 Å². The van der Waals surface area contributed by atoms with Crippen LogP contribution in [0.3, 0.4) is 0 Å². The van der Waals surface area contributed by atoms with Crippen molar-refractivity contribution >= 4 is 17.2 Å². The molecule has 0 aliphatic carbocycles. The van der Waals surface area contributed by atoms with Gasteiger partial charge in [0.2, 0.25) is 5.78 Å². The van der Waals surface area contributed by atoms with Gasteiger partial charge in [0.25, 0.3) is 0 Å². The van der Waals surface area contributed by atoms with E-state index >= 15 is 0 Å². The predicted octanol–water partition coefficient (Wildman–Crippen LogP) is 5.05. The predicted molar refractivity (Wildman–Crippen MR) is 98.4 cm³/mol. The number of furan rings is 1. The highest BCUT2D eigenvalue weighted by molar-refractivity contribution is 6.10. The molecular formula is C21H15F3N2O2. The molecule has 0 saturated carbocycles. The fraction of sp³-hybridized carbons (Fsp3) is 0.143. The van der Waals surface area contributed by atoms with E-state index in [0.717, 1.165) is 5.01 Å². The van der Waals surface area contributed by atoms with Gasteiger partial charge in [0.05, 0.1) is 17.9 Å². The summed E-state index contributed by atoms with van der Waals surface area (Å²) in [6.45, 7) is 0. The maximum Gasteiger partial charge on any atom is 0.431 e. The second-order valence-corrected chi connectivity index (χ2v) is 6.34. The lowest BCUT2D eigenvalue weighted by atomic mass is 9.84. The summed E-state index contributed by atoms with van der Waals surface area (Å²) in [7, 11) is 0. The molecule has 4 nitrogen and oxygen atoms in total. The number of para-hydroxylation sites is 1. The summed E-state index contributed by atoms with van der Waals surface area (Å²) in [5, 5.41) is 5.01. The molecule has 0 amide bonds. The molecule has 1 aliphatic rings. The molecule has 2 atom stereocenters. The van der Waals surface area contributed by atoms with E-state index in [2.05, 4.69) is 5.10 Å². The number of carbonyl (C=O) groups excluding carboxylic acids is 1. The number of benzene rings is 2. The van der Waals surface area contributed by atoms with Crippen LogP contribution in [0.25, 0.3) is 0 Å². The van der Waals surface area contributed by atoms with Gasteiger partial charge >= 0.3 is 6.18 Å². The van der Waals surface area contributed by atoms with Gasteiger partial charge in [0.15, 0.2) is 11.5 Å². The van der Waals surface area contributed by atoms with Crippen LogP contribution in [0.1, 0.15) is 22.0 Å². The van der Waals surface area contributed by atoms with Crippen molar-refractivity contribution in [1.82, 2.24) is 0 Å². The van der Waals surface area contributed by atoms with E-state index in [9.17, 15) is 18.0 Å². The molecule has 0 bridgehead atoms. The minimum absolute atomic E-state index is 0.00881. The van der Waals surface area contributed by atoms with Crippen molar-refractivity contribution in [2.45, 2.75) is 18.1 Å². The van der Waals surface area contributed by atoms with Gasteiger partial charge in [0.1, 0.15) is 6.04 Å². The average molecular weight is 384 g/mol. The number of ketones is 1. The van der Waals surface area contributed by atoms with Crippen LogP contribution in [-0.4, -0.2) is 23.7 Å². The molecule has 0 spiro atoms. The highest BCUT2D eigenvalue weighted by Crippen LogP contribution is 2.41. The van der Waals surface area contributed by atoms with E-state index in [1.165, 1.54) is 18.4 Å². The zero-order valence-corrected chi connectivity index (χ0v) is 14.5. The summed E-state index contributed by atoms with van der Waals surface area (Å²) in [6, 6.07) is 18.2. The van der Waals surface area contributed by atoms with E-state index in [4.69, 9.17) is 4.42 Å². The van der Waals surface area contributed by atoms with Crippen molar-refractivity contribution in [3.63, 3.8) is 0 Å². The first kappa shape index (κ1) is 18.0. The molecule has 2 heterocycles. The third-order valence-corrected chi connectivity index (χ3v) is 4.59. The number of hydrazone groups is 1. The van der Waals surface area contributed by atoms with E-state index in [-0.39, 0.29) is 5.76 Å². The van der Waals surface area contributed by atoms with Gasteiger partial charge in [-0.15, -0.1) is 0 Å². The second kappa shape index (κ2) is 6.99. The van der Waals surface area contributed by atoms with Crippen molar-refractivity contribution in [3.05, 3.63) is 90.4 Å². The van der Waals surface area contributed by atoms with Crippen molar-refractivity contribution < 1.29 is 22.4 Å². The Morgan fingerprint density at radius 2 is 1.57 bits per heavy atom. The number of nitrogens with zero attached hydrogens (tertiary/aromatic N) is 2. The van der Waals surface area contributed by atoms with Crippen LogP contribution in [0, 0.1) is 0 Å². The fourth-order valence-corrected chi connectivity index (χ4v) is 3.39. The molecule has 142 valence electrons. The maximum atomic E-state index is 13.9. The summed E-state index contributed by atoms with van der Waals surface area (Å²) >= 11 is 0. The van der Waals surface area contributed by atoms with Crippen molar-refractivity contribution in [2.24, 2.45) is 5.10 Å². The molecule has 3 aromatic rings. The van der Waals surface area contributed by atoms with Gasteiger partial charge in [-0.3, -0.25) is 9.80 Å². The third-order valence-electron chi connectivity index (χ3n) is 4.59. The van der Waals surface area contributed by atoms with Gasteiger partial charge in [-0.2, -0.15) is 18.3 Å². The van der Waals surface area contributed by atoms with E-state index in [0.29, 0.717) is 11.3 Å². The van der Waals surface area contributed by atoms with Gasteiger partial charge in [-0.25, -0.2) is 0 Å². The number of Topliss-reactive ketones (excluding diaryl/α,β-unsaturated/α-hetero) is 1. The van der Waals surface area contributed by atoms with Crippen LogP contribution < -0.4 is 5.01 Å². The van der Waals surface area contributed by atoms with Crippen LogP contribution in [0.2, 0.25) is 0 Å². The van der Waals surface area contributed by atoms with E-state index < -0.39 is 29.6 Å². The van der Waals surface area contributed by atoms with Crippen molar-refractivity contribution in [3.8, 4) is 0 Å². The normalized spacial score (nSPS) is 19.5. The summed E-state index contributed by atoms with van der Waals surface area (Å²) in [5.41, 5.74) is -0.248. The Hall–Kier alpha value is -3.35. The topological polar surface area (TPSA) is 45.8 Å². The molecule has 7 heteroatoms. The smallest absolute Gasteiger partial charge is 0.431 e. The van der Waals surface area contributed by atoms with Gasteiger partial charge in [-0.05, 0) is 29.8 Å². The monoisotopic (exact) mass is 384 g/mol. The molecule has 0 radical (unpaired) electrons. The Morgan fingerprint density at radius 3 is 2.14 bits per heavy atom. The molecular weight excluding hydrogens is 369 g/mol. The lowest BCUT2D eigenvalue weighted by molar-refractivity contribution is -0.0608. The molecule has 0 saturated heterocycles. The Labute approximate surface area is 158 Å². The number of alkyl halides is 3. The lowest BCUT2D eigenvalue weighted by Crippen LogP contribution is -2.41. The highest BCUT2D eigenvalue weighted by Gasteiger charge is 2.53. The van der Waals surface area contributed by atoms with Crippen LogP contribution in [-0.2, 0) is 0 Å². The SMILES string of the molecule is O=C(c1ccco1)[C@@H]1[C@@H](c2ccccc2)C(C(F)(F)F)=NN1c1ccccc1. The van der Waals surface area contributed by atoms with Crippen LogP contribution >= 0.6 is 0 Å². The molecule has 1 aromatic heterocycles. The Bertz CT molecular complexity index is 984. The minimum Gasteiger partial charge on any atom is -0.461 e. The van der Waals surface area contributed by atoms with E-state index in [1.54, 1.807) is 60.7 Å². The lowest BCUT2D eigenvalue weighted by Gasteiger charge is -2.26. The third kappa shape index (κ3) is 3.19. The highest BCUT2D eigenvalue weighted by atomic mass is 19.4. The molecule has 2 aromatic carbocycles. The number of hydrogen-bond donors (Lipinski definition) is 0. The summed E-state index contributed by atoms with van der Waals surface area (Å²) in [5.74, 6) is -1.85. The van der Waals surface area contributed by atoms with Crippen LogP contribution in [0.5, 0.6) is 0 Å². The standard InChI is InChI=1S/C21H15F3N2O2/c22-21(23,24)20-17(14-8-3-1-4-9-14)18(19(27)16-12-7-13-28-16)26(25-20)15-10-5-2-6-11-15/h1-13,17-18H/t17-,18+/m1/s1. The first-order valence-corrected chi connectivity index (χ1v) is 8.59. The fourth-order valence-electron chi connectivity index (χ4n) is 3.39.